The summed E-state index contributed by atoms with van der Waals surface area (Å²) in [4.78, 5) is 2.48. The third-order valence-corrected chi connectivity index (χ3v) is 8.19. The highest BCUT2D eigenvalue weighted by molar-refractivity contribution is 7.91. The van der Waals surface area contributed by atoms with Crippen LogP contribution in [0.4, 0.5) is 0 Å². The van der Waals surface area contributed by atoms with Gasteiger partial charge >= 0.3 is 0 Å². The van der Waals surface area contributed by atoms with Crippen molar-refractivity contribution in [2.24, 2.45) is 0 Å². The topological polar surface area (TPSA) is 84.5 Å². The average Bonchev–Trinajstić information content (AvgIpc) is 3.28. The third-order valence-electron chi connectivity index (χ3n) is 6.33. The molecule has 0 spiro atoms. The Kier molecular flexibility index (Phi) is 8.36. The van der Waals surface area contributed by atoms with Crippen LogP contribution in [-0.4, -0.2) is 54.2 Å². The van der Waals surface area contributed by atoms with E-state index in [9.17, 15) is 8.42 Å². The normalized spacial score (nSPS) is 20.5. The maximum atomic E-state index is 13.2. The molecular formula is C24H37N3O4S. The van der Waals surface area contributed by atoms with E-state index < -0.39 is 9.84 Å². The lowest BCUT2D eigenvalue weighted by Crippen LogP contribution is -2.41. The summed E-state index contributed by atoms with van der Waals surface area (Å²) in [5.41, 5.74) is 2.26. The fourth-order valence-electron chi connectivity index (χ4n) is 4.55. The molecule has 32 heavy (non-hydrogen) atoms. The van der Waals surface area contributed by atoms with Crippen molar-refractivity contribution in [1.82, 2.24) is 15.1 Å². The van der Waals surface area contributed by atoms with E-state index in [1.807, 2.05) is 31.2 Å². The monoisotopic (exact) mass is 463 g/mol. The van der Waals surface area contributed by atoms with Crippen molar-refractivity contribution in [3.8, 4) is 5.75 Å². The fraction of sp³-hybridized carbons (Fsp3) is 0.625. The zero-order chi connectivity index (χ0) is 23.3. The molecule has 1 N–H and O–H groups in total. The molecule has 2 heterocycles. The molecule has 1 aromatic carbocycles. The molecule has 0 bridgehead atoms. The highest BCUT2D eigenvalue weighted by atomic mass is 32.2. The predicted octanol–water partition coefficient (Wildman–Crippen LogP) is 4.39. The number of nitrogens with one attached hydrogen (secondary N) is 1. The van der Waals surface area contributed by atoms with Crippen LogP contribution in [0.1, 0.15) is 63.4 Å². The Balaban J connectivity index is 1.66. The van der Waals surface area contributed by atoms with Crippen LogP contribution in [0.2, 0.25) is 0 Å². The zero-order valence-electron chi connectivity index (χ0n) is 19.9. The first-order valence-electron chi connectivity index (χ1n) is 11.6. The van der Waals surface area contributed by atoms with E-state index in [-0.39, 0.29) is 24.1 Å². The van der Waals surface area contributed by atoms with Gasteiger partial charge in [0, 0.05) is 18.7 Å². The molecule has 2 aromatic rings. The van der Waals surface area contributed by atoms with Crippen LogP contribution in [0.3, 0.4) is 0 Å². The SMILES string of the molecule is CCOCc1ccc(O[C@H](CC)C[C@@H]2CC[C@H](C)N2CS(=O)(=O)c2c(C)n[nH]c2C)cc1. The van der Waals surface area contributed by atoms with Gasteiger partial charge < -0.3 is 9.47 Å². The molecule has 3 atom stereocenters. The minimum absolute atomic E-state index is 0.0165. The summed E-state index contributed by atoms with van der Waals surface area (Å²) in [7, 11) is -3.46. The number of aryl methyl sites for hydroxylation is 2. The molecule has 3 rings (SSSR count). The summed E-state index contributed by atoms with van der Waals surface area (Å²) in [5.74, 6) is 0.856. The number of aromatic nitrogens is 2. The second-order valence-electron chi connectivity index (χ2n) is 8.77. The van der Waals surface area contributed by atoms with Crippen molar-refractivity contribution < 1.29 is 17.9 Å². The Morgan fingerprint density at radius 3 is 2.50 bits per heavy atom. The molecule has 0 saturated carbocycles. The van der Waals surface area contributed by atoms with E-state index in [1.165, 1.54) is 0 Å². The number of likely N-dealkylation sites (tertiary alicyclic amines) is 1. The van der Waals surface area contributed by atoms with E-state index in [1.54, 1.807) is 13.8 Å². The van der Waals surface area contributed by atoms with Gasteiger partial charge in [-0.3, -0.25) is 10.00 Å². The summed E-state index contributed by atoms with van der Waals surface area (Å²) in [6, 6.07) is 8.43. The molecule has 1 saturated heterocycles. The lowest BCUT2D eigenvalue weighted by Gasteiger charge is -2.30. The van der Waals surface area contributed by atoms with E-state index in [4.69, 9.17) is 9.47 Å². The Labute approximate surface area is 192 Å². The zero-order valence-corrected chi connectivity index (χ0v) is 20.7. The molecule has 0 aliphatic carbocycles. The molecule has 1 aliphatic rings. The molecule has 1 aromatic heterocycles. The minimum Gasteiger partial charge on any atom is -0.490 e. The third kappa shape index (κ3) is 5.91. The van der Waals surface area contributed by atoms with Crippen molar-refractivity contribution in [3.63, 3.8) is 0 Å². The Bertz CT molecular complexity index is 952. The van der Waals surface area contributed by atoms with Crippen LogP contribution in [0, 0.1) is 13.8 Å². The van der Waals surface area contributed by atoms with Crippen molar-refractivity contribution in [2.75, 3.05) is 12.5 Å². The molecule has 7 nitrogen and oxygen atoms in total. The highest BCUT2D eigenvalue weighted by Gasteiger charge is 2.36. The van der Waals surface area contributed by atoms with E-state index >= 15 is 0 Å². The first kappa shape index (κ1) is 24.7. The van der Waals surface area contributed by atoms with Gasteiger partial charge in [0.2, 0.25) is 0 Å². The molecule has 1 aliphatic heterocycles. The average molecular weight is 464 g/mol. The van der Waals surface area contributed by atoms with Gasteiger partial charge in [-0.2, -0.15) is 5.10 Å². The van der Waals surface area contributed by atoms with Crippen LogP contribution >= 0.6 is 0 Å². The van der Waals surface area contributed by atoms with Gasteiger partial charge in [0.25, 0.3) is 0 Å². The Morgan fingerprint density at radius 2 is 1.91 bits per heavy atom. The van der Waals surface area contributed by atoms with Crippen molar-refractivity contribution >= 4 is 9.84 Å². The van der Waals surface area contributed by atoms with Crippen molar-refractivity contribution in [2.45, 2.75) is 90.0 Å². The first-order valence-corrected chi connectivity index (χ1v) is 13.2. The van der Waals surface area contributed by atoms with Gasteiger partial charge in [-0.05, 0) is 71.1 Å². The largest absolute Gasteiger partial charge is 0.490 e. The summed E-state index contributed by atoms with van der Waals surface area (Å²) >= 11 is 0. The number of ether oxygens (including phenoxy) is 2. The first-order chi connectivity index (χ1) is 15.2. The van der Waals surface area contributed by atoms with Gasteiger partial charge in [0.15, 0.2) is 9.84 Å². The van der Waals surface area contributed by atoms with Gasteiger partial charge in [-0.15, -0.1) is 0 Å². The lowest BCUT2D eigenvalue weighted by atomic mass is 10.1. The number of benzene rings is 1. The summed E-state index contributed by atoms with van der Waals surface area (Å²) < 4.78 is 38.1. The molecule has 0 radical (unpaired) electrons. The van der Waals surface area contributed by atoms with E-state index in [2.05, 4.69) is 28.9 Å². The smallest absolute Gasteiger partial charge is 0.195 e. The van der Waals surface area contributed by atoms with Crippen LogP contribution in [0.15, 0.2) is 29.2 Å². The second kappa shape index (κ2) is 10.8. The highest BCUT2D eigenvalue weighted by Crippen LogP contribution is 2.31. The molecule has 1 fully saturated rings. The van der Waals surface area contributed by atoms with Crippen molar-refractivity contribution in [1.29, 1.82) is 0 Å². The molecule has 8 heteroatoms. The maximum Gasteiger partial charge on any atom is 0.195 e. The number of sulfone groups is 1. The fourth-order valence-corrected chi connectivity index (χ4v) is 6.54. The summed E-state index contributed by atoms with van der Waals surface area (Å²) in [6.07, 6.45) is 3.68. The number of aromatic amines is 1. The Hall–Kier alpha value is -1.90. The van der Waals surface area contributed by atoms with Gasteiger partial charge in [-0.1, -0.05) is 19.1 Å². The van der Waals surface area contributed by atoms with Gasteiger partial charge in [0.1, 0.15) is 16.5 Å². The van der Waals surface area contributed by atoms with Crippen LogP contribution in [0.25, 0.3) is 0 Å². The van der Waals surface area contributed by atoms with Gasteiger partial charge in [-0.25, -0.2) is 8.42 Å². The molecular weight excluding hydrogens is 426 g/mol. The standard InChI is InChI=1S/C24H37N3O4S/c1-6-22(31-23-12-9-20(10-13-23)15-30-7-2)14-21-11-8-17(3)27(21)16-32(28,29)24-18(4)25-26-19(24)5/h9-10,12-13,17,21-22H,6-8,11,14-16H2,1-5H3,(H,25,26)/t17-,21-,22+/m0/s1. The predicted molar refractivity (Wildman–Crippen MR) is 126 cm³/mol. The molecule has 178 valence electrons. The quantitative estimate of drug-likeness (QED) is 0.532. The minimum atomic E-state index is -3.46. The maximum absolute atomic E-state index is 13.2. The van der Waals surface area contributed by atoms with Crippen LogP contribution in [-0.2, 0) is 21.2 Å². The summed E-state index contributed by atoms with van der Waals surface area (Å²) in [5, 5.41) is 6.87. The summed E-state index contributed by atoms with van der Waals surface area (Å²) in [6.45, 7) is 11.0. The molecule has 0 amide bonds. The number of hydrogen-bond acceptors (Lipinski definition) is 6. The van der Waals surface area contributed by atoms with Crippen LogP contribution < -0.4 is 4.74 Å². The second-order valence-corrected chi connectivity index (χ2v) is 10.7. The Morgan fingerprint density at radius 1 is 1.19 bits per heavy atom. The number of hydrogen-bond donors (Lipinski definition) is 1. The van der Waals surface area contributed by atoms with Gasteiger partial charge in [0.05, 0.1) is 24.1 Å². The van der Waals surface area contributed by atoms with Crippen molar-refractivity contribution in [3.05, 3.63) is 41.2 Å². The molecule has 0 unspecified atom stereocenters. The van der Waals surface area contributed by atoms with E-state index in [0.717, 1.165) is 37.0 Å². The number of rotatable bonds is 11. The number of nitrogens with zero attached hydrogens (tertiary/aromatic N) is 2. The van der Waals surface area contributed by atoms with Crippen LogP contribution in [0.5, 0.6) is 5.75 Å². The lowest BCUT2D eigenvalue weighted by molar-refractivity contribution is 0.130. The number of H-pyrrole nitrogens is 1. The van der Waals surface area contributed by atoms with E-state index in [0.29, 0.717) is 29.5 Å².